The largest absolute Gasteiger partial charge is 0.455 e. The molecule has 0 unspecified atom stereocenters. The first kappa shape index (κ1) is 16.4. The van der Waals surface area contributed by atoms with Gasteiger partial charge in [-0.05, 0) is 50.2 Å². The van der Waals surface area contributed by atoms with Crippen molar-refractivity contribution in [3.63, 3.8) is 0 Å². The van der Waals surface area contributed by atoms with Crippen LogP contribution in [0.4, 0.5) is 5.69 Å². The number of rotatable bonds is 4. The zero-order valence-electron chi connectivity index (χ0n) is 12.6. The maximum atomic E-state index is 12.3. The van der Waals surface area contributed by atoms with Crippen LogP contribution < -0.4 is 5.32 Å². The molecular weight excluding hydrogens is 335 g/mol. The average Bonchev–Trinajstić information content (AvgIpc) is 3.00. The van der Waals surface area contributed by atoms with Crippen LogP contribution in [0, 0.1) is 0 Å². The van der Waals surface area contributed by atoms with E-state index in [9.17, 15) is 4.79 Å². The Kier molecular flexibility index (Phi) is 5.26. The topological polar surface area (TPSA) is 45.5 Å². The van der Waals surface area contributed by atoms with Gasteiger partial charge in [0, 0.05) is 0 Å². The molecule has 1 amide bonds. The van der Waals surface area contributed by atoms with Gasteiger partial charge >= 0.3 is 0 Å². The van der Waals surface area contributed by atoms with Crippen LogP contribution in [0.15, 0.2) is 34.7 Å². The number of carbonyl (C=O) groups excluding carboxylic acids is 1. The van der Waals surface area contributed by atoms with Crippen LogP contribution >= 0.6 is 23.2 Å². The molecule has 0 bridgehead atoms. The smallest absolute Gasteiger partial charge is 0.291 e. The first-order valence-electron chi connectivity index (χ1n) is 7.70. The zero-order valence-corrected chi connectivity index (χ0v) is 14.2. The molecule has 0 saturated carbocycles. The molecule has 0 atom stereocenters. The highest BCUT2D eigenvalue weighted by molar-refractivity contribution is 6.39. The van der Waals surface area contributed by atoms with Gasteiger partial charge in [0.15, 0.2) is 5.76 Å². The predicted molar refractivity (Wildman–Crippen MR) is 92.3 cm³/mol. The van der Waals surface area contributed by atoms with E-state index >= 15 is 0 Å². The van der Waals surface area contributed by atoms with Gasteiger partial charge < -0.3 is 9.73 Å². The summed E-state index contributed by atoms with van der Waals surface area (Å²) < 4.78 is 5.66. The summed E-state index contributed by atoms with van der Waals surface area (Å²) in [7, 11) is 0. The lowest BCUT2D eigenvalue weighted by atomic mass is 10.1. The van der Waals surface area contributed by atoms with Crippen molar-refractivity contribution in [3.05, 3.63) is 51.9 Å². The number of nitrogens with one attached hydrogen (secondary N) is 1. The quantitative estimate of drug-likeness (QED) is 0.857. The number of piperidine rings is 1. The van der Waals surface area contributed by atoms with Crippen LogP contribution in [0.1, 0.15) is 35.6 Å². The van der Waals surface area contributed by atoms with Gasteiger partial charge in [0.1, 0.15) is 5.76 Å². The second-order valence-corrected chi connectivity index (χ2v) is 6.47. The SMILES string of the molecule is O=C(Nc1c(Cl)cccc1Cl)c1ccc(CN2CCCCC2)o1. The van der Waals surface area contributed by atoms with Crippen molar-refractivity contribution >= 4 is 34.8 Å². The van der Waals surface area contributed by atoms with E-state index < -0.39 is 0 Å². The monoisotopic (exact) mass is 352 g/mol. The van der Waals surface area contributed by atoms with Crippen molar-refractivity contribution in [3.8, 4) is 0 Å². The fraction of sp³-hybridized carbons (Fsp3) is 0.353. The fourth-order valence-corrected chi connectivity index (χ4v) is 3.21. The number of amides is 1. The molecule has 1 aromatic heterocycles. The number of carbonyl (C=O) groups is 1. The molecule has 4 nitrogen and oxygen atoms in total. The van der Waals surface area contributed by atoms with E-state index in [4.69, 9.17) is 27.6 Å². The van der Waals surface area contributed by atoms with Crippen molar-refractivity contribution < 1.29 is 9.21 Å². The maximum Gasteiger partial charge on any atom is 0.291 e. The first-order chi connectivity index (χ1) is 11.1. The molecule has 1 fully saturated rings. The molecule has 122 valence electrons. The van der Waals surface area contributed by atoms with E-state index in [1.54, 1.807) is 24.3 Å². The Morgan fingerprint density at radius 2 is 1.78 bits per heavy atom. The van der Waals surface area contributed by atoms with E-state index in [0.717, 1.165) is 25.4 Å². The van der Waals surface area contributed by atoms with Gasteiger partial charge in [0.05, 0.1) is 22.3 Å². The lowest BCUT2D eigenvalue weighted by molar-refractivity contribution is 0.0992. The van der Waals surface area contributed by atoms with Gasteiger partial charge in [0.2, 0.25) is 0 Å². The van der Waals surface area contributed by atoms with Crippen LogP contribution in [-0.4, -0.2) is 23.9 Å². The van der Waals surface area contributed by atoms with Crippen LogP contribution in [0.25, 0.3) is 0 Å². The highest BCUT2D eigenvalue weighted by Gasteiger charge is 2.17. The molecule has 0 radical (unpaired) electrons. The number of benzene rings is 1. The van der Waals surface area contributed by atoms with Gasteiger partial charge in [0.25, 0.3) is 5.91 Å². The Labute approximate surface area is 145 Å². The molecule has 0 spiro atoms. The maximum absolute atomic E-state index is 12.3. The number of halogens is 2. The Bertz CT molecular complexity index is 673. The summed E-state index contributed by atoms with van der Waals surface area (Å²) in [6.07, 6.45) is 3.74. The van der Waals surface area contributed by atoms with Crippen molar-refractivity contribution in [2.24, 2.45) is 0 Å². The molecule has 0 aliphatic carbocycles. The molecule has 1 aliphatic heterocycles. The number of hydrogen-bond acceptors (Lipinski definition) is 3. The van der Waals surface area contributed by atoms with Crippen molar-refractivity contribution in [2.45, 2.75) is 25.8 Å². The minimum atomic E-state index is -0.357. The zero-order chi connectivity index (χ0) is 16.2. The fourth-order valence-electron chi connectivity index (χ4n) is 2.72. The average molecular weight is 353 g/mol. The predicted octanol–water partition coefficient (Wildman–Crippen LogP) is 4.82. The van der Waals surface area contributed by atoms with Crippen LogP contribution in [0.5, 0.6) is 0 Å². The van der Waals surface area contributed by atoms with Crippen LogP contribution in [0.2, 0.25) is 10.0 Å². The number of likely N-dealkylation sites (tertiary alicyclic amines) is 1. The molecule has 1 saturated heterocycles. The second-order valence-electron chi connectivity index (χ2n) is 5.65. The van der Waals surface area contributed by atoms with Crippen LogP contribution in [0.3, 0.4) is 0 Å². The molecule has 1 aromatic carbocycles. The minimum Gasteiger partial charge on any atom is -0.455 e. The summed E-state index contributed by atoms with van der Waals surface area (Å²) in [6.45, 7) is 2.90. The summed E-state index contributed by atoms with van der Waals surface area (Å²) >= 11 is 12.1. The van der Waals surface area contributed by atoms with E-state index in [-0.39, 0.29) is 11.7 Å². The summed E-state index contributed by atoms with van der Waals surface area (Å²) in [5.74, 6) is 0.695. The minimum absolute atomic E-state index is 0.257. The van der Waals surface area contributed by atoms with E-state index in [1.165, 1.54) is 19.3 Å². The lowest BCUT2D eigenvalue weighted by Crippen LogP contribution is -2.28. The molecule has 2 aromatic rings. The standard InChI is InChI=1S/C17H18Cl2N2O2/c18-13-5-4-6-14(19)16(13)20-17(22)15-8-7-12(23-15)11-21-9-2-1-3-10-21/h4-8H,1-3,9-11H2,(H,20,22). The third kappa shape index (κ3) is 4.08. The van der Waals surface area contributed by atoms with Gasteiger partial charge in [-0.25, -0.2) is 0 Å². The molecule has 3 rings (SSSR count). The van der Waals surface area contributed by atoms with Crippen LogP contribution in [-0.2, 0) is 6.54 Å². The third-order valence-corrected chi connectivity index (χ3v) is 4.54. The number of hydrogen-bond donors (Lipinski definition) is 1. The molecule has 6 heteroatoms. The Balaban J connectivity index is 1.66. The van der Waals surface area contributed by atoms with E-state index in [0.29, 0.717) is 15.7 Å². The number of furan rings is 1. The molecule has 2 heterocycles. The van der Waals surface area contributed by atoms with Gasteiger partial charge in [-0.3, -0.25) is 9.69 Å². The van der Waals surface area contributed by atoms with Gasteiger partial charge in [-0.2, -0.15) is 0 Å². The normalized spacial score (nSPS) is 15.6. The molecule has 1 aliphatic rings. The lowest BCUT2D eigenvalue weighted by Gasteiger charge is -2.25. The molecular formula is C17H18Cl2N2O2. The number of nitrogens with zero attached hydrogens (tertiary/aromatic N) is 1. The highest BCUT2D eigenvalue weighted by Crippen LogP contribution is 2.30. The van der Waals surface area contributed by atoms with Crippen molar-refractivity contribution in [1.29, 1.82) is 0 Å². The Morgan fingerprint density at radius 3 is 2.48 bits per heavy atom. The van der Waals surface area contributed by atoms with Crippen molar-refractivity contribution in [1.82, 2.24) is 4.90 Å². The van der Waals surface area contributed by atoms with Crippen molar-refractivity contribution in [2.75, 3.05) is 18.4 Å². The summed E-state index contributed by atoms with van der Waals surface area (Å²) in [6, 6.07) is 8.60. The number of anilines is 1. The highest BCUT2D eigenvalue weighted by atomic mass is 35.5. The van der Waals surface area contributed by atoms with E-state index in [1.807, 2.05) is 6.07 Å². The van der Waals surface area contributed by atoms with Gasteiger partial charge in [-0.15, -0.1) is 0 Å². The summed E-state index contributed by atoms with van der Waals surface area (Å²) in [4.78, 5) is 14.6. The Hall–Kier alpha value is -1.49. The second kappa shape index (κ2) is 7.39. The third-order valence-electron chi connectivity index (χ3n) is 3.91. The number of para-hydroxylation sites is 1. The van der Waals surface area contributed by atoms with E-state index in [2.05, 4.69) is 10.2 Å². The Morgan fingerprint density at radius 1 is 1.09 bits per heavy atom. The van der Waals surface area contributed by atoms with Gasteiger partial charge in [-0.1, -0.05) is 35.7 Å². The summed E-state index contributed by atoms with van der Waals surface area (Å²) in [5.41, 5.74) is 0.398. The first-order valence-corrected chi connectivity index (χ1v) is 8.45. The molecule has 1 N–H and O–H groups in total. The summed E-state index contributed by atoms with van der Waals surface area (Å²) in [5, 5.41) is 3.49. The molecule has 23 heavy (non-hydrogen) atoms.